The van der Waals surface area contributed by atoms with Gasteiger partial charge in [0, 0.05) is 5.57 Å². The maximum Gasteiger partial charge on any atom is 0.436 e. The molecule has 1 rings (SSSR count). The van der Waals surface area contributed by atoms with E-state index in [2.05, 4.69) is 11.3 Å². The van der Waals surface area contributed by atoms with Crippen LogP contribution >= 0.6 is 0 Å². The summed E-state index contributed by atoms with van der Waals surface area (Å²) in [5.74, 6) is -0.828. The van der Waals surface area contributed by atoms with Crippen molar-refractivity contribution in [2.24, 2.45) is 0 Å². The normalized spacial score (nSPS) is 30.2. The van der Waals surface area contributed by atoms with Gasteiger partial charge in [-0.25, -0.2) is 0 Å². The largest absolute Gasteiger partial charge is 0.436 e. The predicted octanol–water partition coefficient (Wildman–Crippen LogP) is 0.967. The van der Waals surface area contributed by atoms with E-state index in [1.165, 1.54) is 0 Å². The first-order chi connectivity index (χ1) is 5.76. The second kappa shape index (κ2) is 2.73. The average Bonchev–Trinajstić information content (AvgIpc) is 1.95. The van der Waals surface area contributed by atoms with Gasteiger partial charge in [-0.15, -0.1) is 0 Å². The summed E-state index contributed by atoms with van der Waals surface area (Å²) in [5, 5.41) is 1.70. The van der Waals surface area contributed by atoms with Crippen LogP contribution in [-0.2, 0) is 9.53 Å². The minimum Gasteiger partial charge on any atom is -0.343 e. The molecule has 1 amide bonds. The summed E-state index contributed by atoms with van der Waals surface area (Å²) in [5.41, 5.74) is -2.60. The van der Waals surface area contributed by atoms with E-state index in [-0.39, 0.29) is 5.57 Å². The third kappa shape index (κ3) is 1.67. The van der Waals surface area contributed by atoms with Crippen LogP contribution in [-0.4, -0.2) is 24.4 Å². The fourth-order valence-corrected chi connectivity index (χ4v) is 0.791. The van der Waals surface area contributed by atoms with Gasteiger partial charge in [0.2, 0.25) is 5.72 Å². The van der Waals surface area contributed by atoms with E-state index in [9.17, 15) is 18.0 Å². The first kappa shape index (κ1) is 10.0. The molecule has 0 spiro atoms. The molecule has 1 saturated heterocycles. The summed E-state index contributed by atoms with van der Waals surface area (Å²) in [6, 6.07) is 0. The van der Waals surface area contributed by atoms with E-state index in [1.807, 2.05) is 0 Å². The molecular weight excluding hydrogens is 187 g/mol. The Labute approximate surface area is 72.6 Å². The highest BCUT2D eigenvalue weighted by atomic mass is 19.4. The number of halogens is 3. The quantitative estimate of drug-likeness (QED) is 0.585. The van der Waals surface area contributed by atoms with Crippen LogP contribution in [0.4, 0.5) is 13.2 Å². The molecule has 1 aliphatic rings. The molecule has 0 aromatic carbocycles. The molecule has 0 aromatic rings. The highest BCUT2D eigenvalue weighted by Crippen LogP contribution is 2.33. The van der Waals surface area contributed by atoms with Crippen molar-refractivity contribution in [2.45, 2.75) is 18.8 Å². The zero-order valence-corrected chi connectivity index (χ0v) is 6.86. The Bertz CT molecular complexity index is 261. The molecule has 1 N–H and O–H groups in total. The summed E-state index contributed by atoms with van der Waals surface area (Å²) in [7, 11) is 0. The van der Waals surface area contributed by atoms with Gasteiger partial charge in [-0.1, -0.05) is 6.58 Å². The molecule has 6 heteroatoms. The molecule has 1 fully saturated rings. The van der Waals surface area contributed by atoms with E-state index in [0.29, 0.717) is 0 Å². The summed E-state index contributed by atoms with van der Waals surface area (Å²) in [6.45, 7) is 3.60. The fraction of sp³-hybridized carbons (Fsp3) is 0.571. The standard InChI is InChI=1S/C7H8F3NO2/c1-4-3-13-6(2,7(8,9)10)11-5(4)12/h1,3H2,2H3,(H,11,12). The molecule has 1 unspecified atom stereocenters. The van der Waals surface area contributed by atoms with Crippen LogP contribution in [0.1, 0.15) is 6.92 Å². The van der Waals surface area contributed by atoms with Crippen LogP contribution in [0.3, 0.4) is 0 Å². The third-order valence-electron chi connectivity index (χ3n) is 1.75. The van der Waals surface area contributed by atoms with Crippen molar-refractivity contribution >= 4 is 5.91 Å². The number of alkyl halides is 3. The number of rotatable bonds is 0. The molecule has 3 nitrogen and oxygen atoms in total. The molecule has 0 radical (unpaired) electrons. The Kier molecular flexibility index (Phi) is 2.11. The van der Waals surface area contributed by atoms with Crippen molar-refractivity contribution in [3.8, 4) is 0 Å². The molecule has 13 heavy (non-hydrogen) atoms. The summed E-state index contributed by atoms with van der Waals surface area (Å²) in [4.78, 5) is 10.9. The zero-order chi connectivity index (χ0) is 10.3. The van der Waals surface area contributed by atoms with Crippen LogP contribution < -0.4 is 5.32 Å². The van der Waals surface area contributed by atoms with Gasteiger partial charge in [0.25, 0.3) is 5.91 Å². The number of amides is 1. The van der Waals surface area contributed by atoms with Crippen LogP contribution in [0, 0.1) is 0 Å². The Balaban J connectivity index is 2.85. The van der Waals surface area contributed by atoms with Gasteiger partial charge in [-0.2, -0.15) is 13.2 Å². The second-order valence-corrected chi connectivity index (χ2v) is 2.88. The number of carbonyl (C=O) groups excluding carboxylic acids is 1. The van der Waals surface area contributed by atoms with E-state index in [0.717, 1.165) is 6.92 Å². The average molecular weight is 195 g/mol. The lowest BCUT2D eigenvalue weighted by Gasteiger charge is -2.36. The van der Waals surface area contributed by atoms with Crippen molar-refractivity contribution < 1.29 is 22.7 Å². The summed E-state index contributed by atoms with van der Waals surface area (Å²) >= 11 is 0. The van der Waals surface area contributed by atoms with E-state index in [4.69, 9.17) is 0 Å². The highest BCUT2D eigenvalue weighted by molar-refractivity contribution is 5.94. The zero-order valence-electron chi connectivity index (χ0n) is 6.86. The molecule has 1 heterocycles. The summed E-state index contributed by atoms with van der Waals surface area (Å²) < 4.78 is 41.2. The third-order valence-corrected chi connectivity index (χ3v) is 1.75. The highest BCUT2D eigenvalue weighted by Gasteiger charge is 2.55. The molecule has 74 valence electrons. The van der Waals surface area contributed by atoms with Crippen molar-refractivity contribution in [2.75, 3.05) is 6.61 Å². The fourth-order valence-electron chi connectivity index (χ4n) is 0.791. The molecule has 0 aromatic heterocycles. The first-order valence-electron chi connectivity index (χ1n) is 3.47. The second-order valence-electron chi connectivity index (χ2n) is 2.88. The van der Waals surface area contributed by atoms with Gasteiger partial charge in [0.15, 0.2) is 0 Å². The summed E-state index contributed by atoms with van der Waals surface area (Å²) in [6.07, 6.45) is -4.62. The first-order valence-corrected chi connectivity index (χ1v) is 3.47. The number of nitrogens with one attached hydrogen (secondary N) is 1. The minimum absolute atomic E-state index is 0.0123. The van der Waals surface area contributed by atoms with Gasteiger partial charge < -0.3 is 10.1 Å². The minimum atomic E-state index is -4.62. The van der Waals surface area contributed by atoms with Crippen molar-refractivity contribution in [3.05, 3.63) is 12.2 Å². The molecule has 0 bridgehead atoms. The Morgan fingerprint density at radius 1 is 1.62 bits per heavy atom. The molecular formula is C7H8F3NO2. The van der Waals surface area contributed by atoms with Gasteiger partial charge in [0.1, 0.15) is 0 Å². The monoisotopic (exact) mass is 195 g/mol. The Hall–Kier alpha value is -1.04. The molecule has 0 saturated carbocycles. The topological polar surface area (TPSA) is 38.3 Å². The van der Waals surface area contributed by atoms with Gasteiger partial charge >= 0.3 is 6.18 Å². The van der Waals surface area contributed by atoms with Gasteiger partial charge in [0.05, 0.1) is 6.61 Å². The SMILES string of the molecule is C=C1COC(C)(C(F)(F)F)NC1=O. The van der Waals surface area contributed by atoms with Crippen molar-refractivity contribution in [1.29, 1.82) is 0 Å². The van der Waals surface area contributed by atoms with E-state index in [1.54, 1.807) is 5.32 Å². The lowest BCUT2D eigenvalue weighted by molar-refractivity contribution is -0.282. The van der Waals surface area contributed by atoms with Crippen LogP contribution in [0.5, 0.6) is 0 Å². The maximum atomic E-state index is 12.3. The lowest BCUT2D eigenvalue weighted by Crippen LogP contribution is -2.62. The van der Waals surface area contributed by atoms with Gasteiger partial charge in [-0.3, -0.25) is 4.79 Å². The van der Waals surface area contributed by atoms with Crippen LogP contribution in [0.2, 0.25) is 0 Å². The van der Waals surface area contributed by atoms with E-state index >= 15 is 0 Å². The predicted molar refractivity (Wildman–Crippen MR) is 37.7 cm³/mol. The van der Waals surface area contributed by atoms with Crippen LogP contribution in [0.25, 0.3) is 0 Å². The molecule has 0 aliphatic carbocycles. The van der Waals surface area contributed by atoms with Gasteiger partial charge in [-0.05, 0) is 6.92 Å². The molecule has 1 aliphatic heterocycles. The van der Waals surface area contributed by atoms with Crippen molar-refractivity contribution in [3.63, 3.8) is 0 Å². The number of hydrogen-bond donors (Lipinski definition) is 1. The number of hydrogen-bond acceptors (Lipinski definition) is 2. The van der Waals surface area contributed by atoms with E-state index < -0.39 is 24.4 Å². The van der Waals surface area contributed by atoms with Crippen molar-refractivity contribution in [1.82, 2.24) is 5.32 Å². The van der Waals surface area contributed by atoms with Crippen LogP contribution in [0.15, 0.2) is 12.2 Å². The maximum absolute atomic E-state index is 12.3. The number of carbonyl (C=O) groups is 1. The Morgan fingerprint density at radius 2 is 2.15 bits per heavy atom. The molecule has 1 atom stereocenters. The number of ether oxygens (including phenoxy) is 1. The Morgan fingerprint density at radius 3 is 2.54 bits per heavy atom. The smallest absolute Gasteiger partial charge is 0.343 e. The lowest BCUT2D eigenvalue weighted by atomic mass is 10.1.